The molecular weight excluding hydrogens is 448 g/mol. The molecule has 4 aromatic rings. The summed E-state index contributed by atoms with van der Waals surface area (Å²) >= 11 is 0. The first-order valence-electron chi connectivity index (χ1n) is 12.1. The van der Waals surface area contributed by atoms with E-state index in [0.29, 0.717) is 0 Å². The Labute approximate surface area is 213 Å². The van der Waals surface area contributed by atoms with Crippen LogP contribution in [-0.4, -0.2) is 28.4 Å². The average Bonchev–Trinajstić information content (AvgIpc) is 3.23. The van der Waals surface area contributed by atoms with Crippen molar-refractivity contribution in [2.75, 3.05) is 28.4 Å². The molecule has 4 nitrogen and oxygen atoms in total. The fourth-order valence-electron chi connectivity index (χ4n) is 5.88. The van der Waals surface area contributed by atoms with E-state index in [4.69, 9.17) is 18.9 Å². The smallest absolute Gasteiger partial charge is 0.119 e. The van der Waals surface area contributed by atoms with Gasteiger partial charge in [0, 0.05) is 10.8 Å². The van der Waals surface area contributed by atoms with Crippen molar-refractivity contribution in [2.24, 2.45) is 0 Å². The molecule has 0 bridgehead atoms. The molecule has 5 rings (SSSR count). The van der Waals surface area contributed by atoms with Crippen molar-refractivity contribution in [2.45, 2.75) is 24.2 Å². The molecule has 0 saturated heterocycles. The fourth-order valence-corrected chi connectivity index (χ4v) is 5.88. The van der Waals surface area contributed by atoms with E-state index < -0.39 is 5.41 Å². The van der Waals surface area contributed by atoms with Crippen LogP contribution in [0.15, 0.2) is 91.0 Å². The molecule has 0 heterocycles. The molecular formula is C32H32O4. The van der Waals surface area contributed by atoms with Gasteiger partial charge in [-0.15, -0.1) is 0 Å². The van der Waals surface area contributed by atoms with E-state index in [1.165, 1.54) is 27.8 Å². The van der Waals surface area contributed by atoms with Crippen LogP contribution in [0.1, 0.15) is 41.2 Å². The lowest BCUT2D eigenvalue weighted by molar-refractivity contribution is 0.406. The molecule has 0 radical (unpaired) electrons. The van der Waals surface area contributed by atoms with Gasteiger partial charge in [0.1, 0.15) is 23.0 Å². The normalized spacial score (nSPS) is 17.8. The Bertz CT molecular complexity index is 1350. The first kappa shape index (κ1) is 23.8. The third-order valence-corrected chi connectivity index (χ3v) is 7.73. The van der Waals surface area contributed by atoms with Crippen molar-refractivity contribution in [1.29, 1.82) is 0 Å². The molecule has 0 aliphatic heterocycles. The Hall–Kier alpha value is -3.92. The van der Waals surface area contributed by atoms with Crippen LogP contribution in [0.25, 0.3) is 0 Å². The van der Waals surface area contributed by atoms with Gasteiger partial charge < -0.3 is 18.9 Å². The van der Waals surface area contributed by atoms with Gasteiger partial charge in [-0.3, -0.25) is 0 Å². The molecule has 4 heteroatoms. The largest absolute Gasteiger partial charge is 0.497 e. The highest BCUT2D eigenvalue weighted by molar-refractivity contribution is 5.65. The lowest BCUT2D eigenvalue weighted by Crippen LogP contribution is -2.30. The minimum absolute atomic E-state index is 0.315. The number of fused-ring (bicyclic) bond motifs is 1. The van der Waals surface area contributed by atoms with E-state index in [9.17, 15) is 0 Å². The SMILES string of the molecule is COc1cccc(C2(C)CC(c3cccc(OC)c3)(c3cccc(OC)c3)c3ccc(OC)cc32)c1. The molecule has 1 aliphatic rings. The van der Waals surface area contributed by atoms with Gasteiger partial charge in [0.05, 0.1) is 28.4 Å². The van der Waals surface area contributed by atoms with Gasteiger partial charge in [0.2, 0.25) is 0 Å². The van der Waals surface area contributed by atoms with Crippen LogP contribution in [0.2, 0.25) is 0 Å². The fraction of sp³-hybridized carbons (Fsp3) is 0.250. The second-order valence-corrected chi connectivity index (χ2v) is 9.52. The molecule has 0 spiro atoms. The van der Waals surface area contributed by atoms with Crippen molar-refractivity contribution in [3.8, 4) is 23.0 Å². The quantitative estimate of drug-likeness (QED) is 0.293. The van der Waals surface area contributed by atoms with Gasteiger partial charge in [-0.05, 0) is 82.8 Å². The number of benzene rings is 4. The molecule has 0 N–H and O–H groups in total. The molecule has 184 valence electrons. The Morgan fingerprint density at radius 1 is 0.500 bits per heavy atom. The van der Waals surface area contributed by atoms with Gasteiger partial charge in [-0.2, -0.15) is 0 Å². The lowest BCUT2D eigenvalue weighted by Gasteiger charge is -2.35. The highest BCUT2D eigenvalue weighted by Crippen LogP contribution is 2.59. The molecule has 0 amide bonds. The molecule has 1 atom stereocenters. The highest BCUT2D eigenvalue weighted by Gasteiger charge is 2.53. The summed E-state index contributed by atoms with van der Waals surface area (Å²) < 4.78 is 22.7. The van der Waals surface area contributed by atoms with E-state index >= 15 is 0 Å². The molecule has 4 aromatic carbocycles. The summed E-state index contributed by atoms with van der Waals surface area (Å²) in [6.07, 6.45) is 0.815. The maximum atomic E-state index is 5.70. The maximum absolute atomic E-state index is 5.70. The highest BCUT2D eigenvalue weighted by atomic mass is 16.5. The first-order chi connectivity index (χ1) is 17.5. The predicted octanol–water partition coefficient (Wildman–Crippen LogP) is 6.77. The van der Waals surface area contributed by atoms with Crippen LogP contribution in [0.5, 0.6) is 23.0 Å². The zero-order chi connectivity index (χ0) is 25.3. The third kappa shape index (κ3) is 3.69. The second kappa shape index (κ2) is 9.27. The number of rotatable bonds is 7. The minimum Gasteiger partial charge on any atom is -0.497 e. The van der Waals surface area contributed by atoms with E-state index in [2.05, 4.69) is 79.7 Å². The van der Waals surface area contributed by atoms with Crippen molar-refractivity contribution in [3.63, 3.8) is 0 Å². The Morgan fingerprint density at radius 3 is 1.44 bits per heavy atom. The second-order valence-electron chi connectivity index (χ2n) is 9.52. The molecule has 1 unspecified atom stereocenters. The summed E-state index contributed by atoms with van der Waals surface area (Å²) in [5, 5.41) is 0. The summed E-state index contributed by atoms with van der Waals surface area (Å²) in [5.74, 6) is 3.35. The summed E-state index contributed by atoms with van der Waals surface area (Å²) in [5.41, 5.74) is 5.27. The van der Waals surface area contributed by atoms with Gasteiger partial charge >= 0.3 is 0 Å². The van der Waals surface area contributed by atoms with Crippen LogP contribution in [0, 0.1) is 0 Å². The van der Waals surface area contributed by atoms with Crippen LogP contribution in [0.3, 0.4) is 0 Å². The van der Waals surface area contributed by atoms with E-state index in [1.807, 2.05) is 18.2 Å². The van der Waals surface area contributed by atoms with E-state index in [1.54, 1.807) is 28.4 Å². The van der Waals surface area contributed by atoms with Gasteiger partial charge in [-0.25, -0.2) is 0 Å². The molecule has 0 saturated carbocycles. The van der Waals surface area contributed by atoms with Crippen LogP contribution in [0.4, 0.5) is 0 Å². The van der Waals surface area contributed by atoms with Crippen molar-refractivity contribution >= 4 is 0 Å². The topological polar surface area (TPSA) is 36.9 Å². The first-order valence-corrected chi connectivity index (χ1v) is 12.1. The Morgan fingerprint density at radius 2 is 0.944 bits per heavy atom. The van der Waals surface area contributed by atoms with Gasteiger partial charge in [0.25, 0.3) is 0 Å². The number of hydrogen-bond acceptors (Lipinski definition) is 4. The van der Waals surface area contributed by atoms with Crippen molar-refractivity contribution < 1.29 is 18.9 Å². The Balaban J connectivity index is 1.86. The number of ether oxygens (including phenoxy) is 4. The summed E-state index contributed by atoms with van der Waals surface area (Å²) in [6, 6.07) is 31.7. The zero-order valence-electron chi connectivity index (χ0n) is 21.5. The van der Waals surface area contributed by atoms with Crippen molar-refractivity contribution in [3.05, 3.63) is 119 Å². The average molecular weight is 481 g/mol. The summed E-state index contributed by atoms with van der Waals surface area (Å²) in [6.45, 7) is 2.32. The number of methoxy groups -OCH3 is 4. The molecule has 36 heavy (non-hydrogen) atoms. The minimum atomic E-state index is -0.442. The molecule has 1 aliphatic carbocycles. The van der Waals surface area contributed by atoms with E-state index in [-0.39, 0.29) is 5.41 Å². The third-order valence-electron chi connectivity index (χ3n) is 7.73. The van der Waals surface area contributed by atoms with Crippen LogP contribution in [-0.2, 0) is 10.8 Å². The Kier molecular flexibility index (Phi) is 6.13. The summed E-state index contributed by atoms with van der Waals surface area (Å²) in [4.78, 5) is 0. The lowest BCUT2D eigenvalue weighted by atomic mass is 9.67. The molecule has 0 fully saturated rings. The van der Waals surface area contributed by atoms with E-state index in [0.717, 1.165) is 29.4 Å². The molecule has 0 aromatic heterocycles. The monoisotopic (exact) mass is 480 g/mol. The standard InChI is InChI=1S/C32H32O4/c1-31(22-9-6-12-25(17-22)33-2)21-32(23-10-7-13-26(18-23)34-3,24-11-8-14-27(19-24)35-4)29-16-15-28(36-5)20-30(29)31/h6-20H,21H2,1-5H3. The maximum Gasteiger partial charge on any atom is 0.119 e. The van der Waals surface area contributed by atoms with Crippen LogP contribution < -0.4 is 18.9 Å². The number of hydrogen-bond donors (Lipinski definition) is 0. The van der Waals surface area contributed by atoms with Gasteiger partial charge in [0.15, 0.2) is 0 Å². The van der Waals surface area contributed by atoms with Gasteiger partial charge in [-0.1, -0.05) is 49.4 Å². The van der Waals surface area contributed by atoms with Crippen molar-refractivity contribution in [1.82, 2.24) is 0 Å². The summed E-state index contributed by atoms with van der Waals surface area (Å²) in [7, 11) is 6.86. The van der Waals surface area contributed by atoms with Crippen LogP contribution >= 0.6 is 0 Å². The predicted molar refractivity (Wildman–Crippen MR) is 143 cm³/mol. The zero-order valence-corrected chi connectivity index (χ0v) is 21.5.